The molecule has 1 fully saturated rings. The molecule has 0 aromatic carbocycles. The average Bonchev–Trinajstić information content (AvgIpc) is 2.80. The molecule has 3 heteroatoms. The maximum atomic E-state index is 11.7. The zero-order valence-electron chi connectivity index (χ0n) is 10.4. The van der Waals surface area contributed by atoms with E-state index in [-0.39, 0.29) is 5.91 Å². The third kappa shape index (κ3) is 4.65. The number of amides is 1. The fraction of sp³-hybridized carbons (Fsp3) is 0.917. The summed E-state index contributed by atoms with van der Waals surface area (Å²) in [6, 6.07) is 0.464. The summed E-state index contributed by atoms with van der Waals surface area (Å²) < 4.78 is 0. The van der Waals surface area contributed by atoms with Crippen LogP contribution in [0.25, 0.3) is 0 Å². The third-order valence-corrected chi connectivity index (χ3v) is 3.10. The van der Waals surface area contributed by atoms with Gasteiger partial charge in [0.2, 0.25) is 5.91 Å². The highest BCUT2D eigenvalue weighted by Gasteiger charge is 2.33. The molecule has 2 unspecified atom stereocenters. The van der Waals surface area contributed by atoms with E-state index < -0.39 is 0 Å². The van der Waals surface area contributed by atoms with Crippen molar-refractivity contribution in [1.29, 1.82) is 0 Å². The van der Waals surface area contributed by atoms with E-state index in [1.165, 1.54) is 6.42 Å². The smallest absolute Gasteiger partial charge is 0.223 e. The molecule has 1 saturated carbocycles. The normalized spacial score (nSPS) is 24.3. The predicted octanol–water partition coefficient (Wildman–Crippen LogP) is 1.49. The Kier molecular flexibility index (Phi) is 4.58. The maximum Gasteiger partial charge on any atom is 0.223 e. The van der Waals surface area contributed by atoms with Crippen LogP contribution in [0.5, 0.6) is 0 Å². The number of hydrogen-bond donors (Lipinski definition) is 1. The van der Waals surface area contributed by atoms with Crippen LogP contribution < -0.4 is 5.32 Å². The van der Waals surface area contributed by atoms with Gasteiger partial charge in [0.15, 0.2) is 0 Å². The van der Waals surface area contributed by atoms with Crippen molar-refractivity contribution in [3.05, 3.63) is 0 Å². The Morgan fingerprint density at radius 2 is 2.13 bits per heavy atom. The standard InChI is InChI=1S/C12H24N2O/c1-9(2)13-6-5-12(15)14(4)8-11-7-10(11)3/h9-11,13H,5-8H2,1-4H3. The van der Waals surface area contributed by atoms with Gasteiger partial charge < -0.3 is 10.2 Å². The van der Waals surface area contributed by atoms with Crippen molar-refractivity contribution >= 4 is 5.91 Å². The molecule has 1 aliphatic rings. The Balaban J connectivity index is 2.10. The summed E-state index contributed by atoms with van der Waals surface area (Å²) in [5.41, 5.74) is 0. The fourth-order valence-corrected chi connectivity index (χ4v) is 1.77. The lowest BCUT2D eigenvalue weighted by Gasteiger charge is -2.17. The van der Waals surface area contributed by atoms with E-state index in [2.05, 4.69) is 26.1 Å². The minimum Gasteiger partial charge on any atom is -0.345 e. The molecule has 1 N–H and O–H groups in total. The van der Waals surface area contributed by atoms with Crippen LogP contribution in [-0.2, 0) is 4.79 Å². The van der Waals surface area contributed by atoms with E-state index in [0.29, 0.717) is 12.5 Å². The molecule has 15 heavy (non-hydrogen) atoms. The molecule has 88 valence electrons. The summed E-state index contributed by atoms with van der Waals surface area (Å²) in [5, 5.41) is 3.26. The highest BCUT2D eigenvalue weighted by molar-refractivity contribution is 5.76. The van der Waals surface area contributed by atoms with Gasteiger partial charge >= 0.3 is 0 Å². The van der Waals surface area contributed by atoms with E-state index >= 15 is 0 Å². The molecule has 2 atom stereocenters. The molecule has 0 spiro atoms. The zero-order chi connectivity index (χ0) is 11.4. The summed E-state index contributed by atoms with van der Waals surface area (Å²) >= 11 is 0. The summed E-state index contributed by atoms with van der Waals surface area (Å²) in [6.45, 7) is 8.19. The van der Waals surface area contributed by atoms with E-state index in [1.807, 2.05) is 11.9 Å². The molecule has 3 nitrogen and oxygen atoms in total. The van der Waals surface area contributed by atoms with Gasteiger partial charge in [-0.15, -0.1) is 0 Å². The minimum atomic E-state index is 0.266. The Hall–Kier alpha value is -0.570. The topological polar surface area (TPSA) is 32.3 Å². The molecule has 1 aliphatic carbocycles. The second-order valence-corrected chi connectivity index (χ2v) is 5.11. The van der Waals surface area contributed by atoms with E-state index in [9.17, 15) is 4.79 Å². The van der Waals surface area contributed by atoms with Gasteiger partial charge in [0.1, 0.15) is 0 Å². The Bertz CT molecular complexity index is 216. The van der Waals surface area contributed by atoms with Crippen LogP contribution in [-0.4, -0.2) is 37.0 Å². The summed E-state index contributed by atoms with van der Waals surface area (Å²) in [6.07, 6.45) is 1.91. The first-order valence-corrected chi connectivity index (χ1v) is 5.98. The second-order valence-electron chi connectivity index (χ2n) is 5.11. The van der Waals surface area contributed by atoms with Crippen LogP contribution in [0.3, 0.4) is 0 Å². The fourth-order valence-electron chi connectivity index (χ4n) is 1.77. The summed E-state index contributed by atoms with van der Waals surface area (Å²) in [7, 11) is 1.92. The first-order valence-electron chi connectivity index (χ1n) is 5.98. The lowest BCUT2D eigenvalue weighted by atomic mass is 10.3. The van der Waals surface area contributed by atoms with Crippen LogP contribution >= 0.6 is 0 Å². The molecule has 0 aromatic heterocycles. The lowest BCUT2D eigenvalue weighted by molar-refractivity contribution is -0.130. The van der Waals surface area contributed by atoms with Crippen molar-refractivity contribution in [2.75, 3.05) is 20.1 Å². The van der Waals surface area contributed by atoms with E-state index in [4.69, 9.17) is 0 Å². The largest absolute Gasteiger partial charge is 0.345 e. The summed E-state index contributed by atoms with van der Waals surface area (Å²) in [5.74, 6) is 1.85. The van der Waals surface area contributed by atoms with Gasteiger partial charge in [-0.3, -0.25) is 4.79 Å². The van der Waals surface area contributed by atoms with Crippen molar-refractivity contribution in [3.8, 4) is 0 Å². The van der Waals surface area contributed by atoms with Gasteiger partial charge in [-0.2, -0.15) is 0 Å². The molecule has 1 rings (SSSR count). The SMILES string of the molecule is CC(C)NCCC(=O)N(C)CC1CC1C. The van der Waals surface area contributed by atoms with Crippen molar-refractivity contribution in [3.63, 3.8) is 0 Å². The first-order chi connectivity index (χ1) is 7.00. The monoisotopic (exact) mass is 212 g/mol. The molecule has 0 bridgehead atoms. The average molecular weight is 212 g/mol. The Labute approximate surface area is 93.2 Å². The second kappa shape index (κ2) is 5.50. The van der Waals surface area contributed by atoms with Crippen molar-refractivity contribution in [2.45, 2.75) is 39.7 Å². The quantitative estimate of drug-likeness (QED) is 0.723. The molecule has 0 aromatic rings. The van der Waals surface area contributed by atoms with Crippen molar-refractivity contribution in [2.24, 2.45) is 11.8 Å². The number of hydrogen-bond acceptors (Lipinski definition) is 2. The number of rotatable bonds is 6. The Morgan fingerprint density at radius 3 is 2.60 bits per heavy atom. The molecular weight excluding hydrogens is 188 g/mol. The van der Waals surface area contributed by atoms with Gasteiger partial charge in [-0.1, -0.05) is 20.8 Å². The number of nitrogens with zero attached hydrogens (tertiary/aromatic N) is 1. The van der Waals surface area contributed by atoms with Gasteiger partial charge in [0, 0.05) is 32.6 Å². The highest BCUT2D eigenvalue weighted by Crippen LogP contribution is 2.37. The molecular formula is C12H24N2O. The summed E-state index contributed by atoms with van der Waals surface area (Å²) in [4.78, 5) is 13.6. The van der Waals surface area contributed by atoms with Crippen LogP contribution in [0.1, 0.15) is 33.6 Å². The molecule has 0 saturated heterocycles. The first kappa shape index (κ1) is 12.5. The van der Waals surface area contributed by atoms with Gasteiger partial charge in [-0.05, 0) is 18.3 Å². The van der Waals surface area contributed by atoms with E-state index in [0.717, 1.165) is 24.9 Å². The number of carbonyl (C=O) groups is 1. The van der Waals surface area contributed by atoms with Crippen LogP contribution in [0.2, 0.25) is 0 Å². The van der Waals surface area contributed by atoms with Crippen molar-refractivity contribution < 1.29 is 4.79 Å². The molecule has 0 aliphatic heterocycles. The van der Waals surface area contributed by atoms with Crippen molar-refractivity contribution in [1.82, 2.24) is 10.2 Å². The third-order valence-electron chi connectivity index (χ3n) is 3.10. The van der Waals surface area contributed by atoms with Crippen LogP contribution in [0.15, 0.2) is 0 Å². The molecule has 0 radical (unpaired) electrons. The molecule has 0 heterocycles. The Morgan fingerprint density at radius 1 is 1.53 bits per heavy atom. The minimum absolute atomic E-state index is 0.266. The van der Waals surface area contributed by atoms with Crippen LogP contribution in [0, 0.1) is 11.8 Å². The highest BCUT2D eigenvalue weighted by atomic mass is 16.2. The maximum absolute atomic E-state index is 11.7. The number of carbonyl (C=O) groups excluding carboxylic acids is 1. The lowest BCUT2D eigenvalue weighted by Crippen LogP contribution is -2.33. The van der Waals surface area contributed by atoms with Crippen LogP contribution in [0.4, 0.5) is 0 Å². The zero-order valence-corrected chi connectivity index (χ0v) is 10.4. The van der Waals surface area contributed by atoms with Gasteiger partial charge in [0.05, 0.1) is 0 Å². The predicted molar refractivity (Wildman–Crippen MR) is 62.7 cm³/mol. The van der Waals surface area contributed by atoms with Gasteiger partial charge in [-0.25, -0.2) is 0 Å². The van der Waals surface area contributed by atoms with Gasteiger partial charge in [0.25, 0.3) is 0 Å². The molecule has 1 amide bonds. The van der Waals surface area contributed by atoms with E-state index in [1.54, 1.807) is 0 Å². The number of nitrogens with one attached hydrogen (secondary N) is 1.